The Morgan fingerprint density at radius 1 is 0.575 bits per heavy atom. The van der Waals surface area contributed by atoms with Crippen molar-refractivity contribution in [1.29, 1.82) is 0 Å². The molecule has 0 heterocycles. The largest absolute Gasteiger partial charge is 0.493 e. The Hall–Kier alpha value is -4.42. The average molecular weight is 563 g/mol. The molecule has 0 atom stereocenters. The van der Waals surface area contributed by atoms with Crippen molar-refractivity contribution in [2.24, 2.45) is 0 Å². The lowest BCUT2D eigenvalue weighted by Crippen LogP contribution is -2.14. The monoisotopic (exact) mass is 562 g/mol. The van der Waals surface area contributed by atoms with Gasteiger partial charge >= 0.3 is 11.9 Å². The molecule has 12 nitrogen and oxygen atoms in total. The minimum atomic E-state index is -1.06. The second-order valence-electron chi connectivity index (χ2n) is 7.77. The van der Waals surface area contributed by atoms with E-state index in [2.05, 4.69) is 0 Å². The maximum Gasteiger partial charge on any atom is 0.328 e. The van der Waals surface area contributed by atoms with Gasteiger partial charge in [-0.3, -0.25) is 0 Å². The molecule has 12 heteroatoms. The predicted octanol–water partition coefficient (Wildman–Crippen LogP) is 3.41. The highest BCUT2D eigenvalue weighted by Gasteiger charge is 2.15. The first-order valence-corrected chi connectivity index (χ1v) is 12.1. The van der Waals surface area contributed by atoms with Gasteiger partial charge in [-0.2, -0.15) is 0 Å². The van der Waals surface area contributed by atoms with Crippen LogP contribution in [-0.2, 0) is 19.1 Å². The quantitative estimate of drug-likeness (QED) is 0.191. The number of hydrogen-bond acceptors (Lipinski definition) is 10. The molecule has 0 aliphatic rings. The van der Waals surface area contributed by atoms with Crippen molar-refractivity contribution in [2.75, 3.05) is 68.1 Å². The van der Waals surface area contributed by atoms with E-state index in [9.17, 15) is 9.59 Å². The van der Waals surface area contributed by atoms with Crippen LogP contribution in [0.3, 0.4) is 0 Å². The molecule has 0 fully saturated rings. The van der Waals surface area contributed by atoms with Crippen molar-refractivity contribution in [1.82, 2.24) is 0 Å². The second kappa shape index (κ2) is 17.2. The molecule has 0 amide bonds. The molecule has 0 aliphatic heterocycles. The highest BCUT2D eigenvalue weighted by molar-refractivity contribution is 5.86. The van der Waals surface area contributed by atoms with Gasteiger partial charge in [-0.05, 0) is 47.5 Å². The van der Waals surface area contributed by atoms with Gasteiger partial charge in [0.15, 0.2) is 23.0 Å². The van der Waals surface area contributed by atoms with Crippen LogP contribution in [0.4, 0.5) is 0 Å². The average Bonchev–Trinajstić information content (AvgIpc) is 2.95. The van der Waals surface area contributed by atoms with Crippen LogP contribution < -0.4 is 28.4 Å². The molecule has 2 rings (SSSR count). The molecule has 0 saturated carbocycles. The van der Waals surface area contributed by atoms with Crippen molar-refractivity contribution < 1.29 is 57.7 Å². The van der Waals surface area contributed by atoms with E-state index in [-0.39, 0.29) is 26.4 Å². The van der Waals surface area contributed by atoms with Gasteiger partial charge in [0.1, 0.15) is 13.2 Å². The van der Waals surface area contributed by atoms with Gasteiger partial charge in [-0.15, -0.1) is 0 Å². The number of benzene rings is 2. The second-order valence-corrected chi connectivity index (χ2v) is 7.77. The zero-order chi connectivity index (χ0) is 29.3. The molecule has 0 unspecified atom stereocenters. The molecule has 0 aliphatic carbocycles. The maximum atomic E-state index is 10.8. The van der Waals surface area contributed by atoms with E-state index in [0.29, 0.717) is 58.8 Å². The van der Waals surface area contributed by atoms with Crippen LogP contribution in [0.25, 0.3) is 12.2 Å². The van der Waals surface area contributed by atoms with E-state index in [0.717, 1.165) is 12.2 Å². The summed E-state index contributed by atoms with van der Waals surface area (Å²) in [4.78, 5) is 21.5. The van der Waals surface area contributed by atoms with Crippen molar-refractivity contribution in [3.8, 4) is 34.5 Å². The van der Waals surface area contributed by atoms with Crippen LogP contribution in [0.5, 0.6) is 34.5 Å². The normalized spacial score (nSPS) is 11.0. The van der Waals surface area contributed by atoms with Gasteiger partial charge in [-0.25, -0.2) is 9.59 Å². The van der Waals surface area contributed by atoms with Crippen LogP contribution in [0.2, 0.25) is 0 Å². The van der Waals surface area contributed by atoms with Crippen LogP contribution in [-0.4, -0.2) is 90.2 Å². The molecular formula is C28H34O12. The molecule has 40 heavy (non-hydrogen) atoms. The Kier molecular flexibility index (Phi) is 13.7. The lowest BCUT2D eigenvalue weighted by molar-refractivity contribution is -0.132. The third-order valence-electron chi connectivity index (χ3n) is 5.12. The van der Waals surface area contributed by atoms with Crippen LogP contribution in [0, 0.1) is 0 Å². The molecule has 0 spiro atoms. The molecule has 0 aromatic heterocycles. The van der Waals surface area contributed by atoms with Crippen molar-refractivity contribution in [3.63, 3.8) is 0 Å². The SMILES string of the molecule is COc1cc(C=CC(=O)O)cc(OC)c1OCCOCCOCCOc1c(OC)cc(C=CC(=O)O)cc1OC. The van der Waals surface area contributed by atoms with E-state index >= 15 is 0 Å². The fourth-order valence-electron chi connectivity index (χ4n) is 3.34. The van der Waals surface area contributed by atoms with Gasteiger partial charge in [0.05, 0.1) is 54.9 Å². The summed E-state index contributed by atoms with van der Waals surface area (Å²) in [6.45, 7) is 1.66. The molecule has 0 saturated heterocycles. The van der Waals surface area contributed by atoms with Crippen LogP contribution in [0.1, 0.15) is 11.1 Å². The Labute approximate surface area is 232 Å². The van der Waals surface area contributed by atoms with E-state index in [1.54, 1.807) is 24.3 Å². The first-order chi connectivity index (χ1) is 19.3. The summed E-state index contributed by atoms with van der Waals surface area (Å²) in [5, 5.41) is 17.6. The first-order valence-electron chi connectivity index (χ1n) is 12.1. The number of hydrogen-bond donors (Lipinski definition) is 2. The van der Waals surface area contributed by atoms with E-state index < -0.39 is 11.9 Å². The zero-order valence-corrected chi connectivity index (χ0v) is 22.8. The van der Waals surface area contributed by atoms with Crippen molar-refractivity contribution in [2.45, 2.75) is 0 Å². The number of carboxylic acid groups (broad SMARTS) is 2. The fourth-order valence-corrected chi connectivity index (χ4v) is 3.34. The smallest absolute Gasteiger partial charge is 0.328 e. The minimum absolute atomic E-state index is 0.220. The Morgan fingerprint density at radius 3 is 1.15 bits per heavy atom. The topological polar surface area (TPSA) is 148 Å². The number of carboxylic acids is 2. The zero-order valence-electron chi connectivity index (χ0n) is 22.8. The summed E-state index contributed by atoms with van der Waals surface area (Å²) in [6, 6.07) is 6.57. The minimum Gasteiger partial charge on any atom is -0.493 e. The summed E-state index contributed by atoms with van der Waals surface area (Å²) < 4.78 is 44.1. The van der Waals surface area contributed by atoms with Gasteiger partial charge in [0.25, 0.3) is 0 Å². The molecule has 2 N–H and O–H groups in total. The Balaban J connectivity index is 1.74. The number of ether oxygens (including phenoxy) is 8. The fraction of sp³-hybridized carbons (Fsp3) is 0.357. The predicted molar refractivity (Wildman–Crippen MR) is 145 cm³/mol. The Bertz CT molecular complexity index is 1030. The molecule has 2 aromatic carbocycles. The molecule has 0 bridgehead atoms. The number of rotatable bonds is 19. The van der Waals surface area contributed by atoms with Gasteiger partial charge in [0.2, 0.25) is 11.5 Å². The van der Waals surface area contributed by atoms with Crippen LogP contribution >= 0.6 is 0 Å². The number of carbonyl (C=O) groups is 2. The lowest BCUT2D eigenvalue weighted by Gasteiger charge is -2.16. The number of aliphatic carboxylic acids is 2. The summed E-state index contributed by atoms with van der Waals surface area (Å²) >= 11 is 0. The Morgan fingerprint density at radius 2 is 0.875 bits per heavy atom. The molecule has 0 radical (unpaired) electrons. The lowest BCUT2D eigenvalue weighted by atomic mass is 10.1. The highest BCUT2D eigenvalue weighted by atomic mass is 16.6. The molecular weight excluding hydrogens is 528 g/mol. The standard InChI is InChI=1S/C28H34O12/c1-33-21-15-19(5-7-25(29)30)16-22(34-2)27(21)39-13-11-37-9-10-38-12-14-40-28-23(35-3)17-20(6-8-26(31)32)18-24(28)36-4/h5-8,15-18H,9-14H2,1-4H3,(H,29,30)(H,31,32). The first kappa shape index (κ1) is 31.8. The van der Waals surface area contributed by atoms with Crippen molar-refractivity contribution >= 4 is 24.1 Å². The van der Waals surface area contributed by atoms with Gasteiger partial charge in [0, 0.05) is 12.2 Å². The number of methoxy groups -OCH3 is 4. The summed E-state index contributed by atoms with van der Waals surface area (Å²) in [5.41, 5.74) is 1.17. The van der Waals surface area contributed by atoms with Gasteiger partial charge in [-0.1, -0.05) is 0 Å². The van der Waals surface area contributed by atoms with E-state index in [1.165, 1.54) is 40.6 Å². The van der Waals surface area contributed by atoms with Crippen LogP contribution in [0.15, 0.2) is 36.4 Å². The summed E-state index contributed by atoms with van der Waals surface area (Å²) in [5.74, 6) is 0.217. The van der Waals surface area contributed by atoms with Gasteiger partial charge < -0.3 is 48.1 Å². The van der Waals surface area contributed by atoms with E-state index in [1.807, 2.05) is 0 Å². The van der Waals surface area contributed by atoms with E-state index in [4.69, 9.17) is 48.1 Å². The third kappa shape index (κ3) is 10.4. The summed E-state index contributed by atoms with van der Waals surface area (Å²) in [7, 11) is 5.91. The summed E-state index contributed by atoms with van der Waals surface area (Å²) in [6.07, 6.45) is 4.89. The maximum absolute atomic E-state index is 10.8. The van der Waals surface area contributed by atoms with Crippen molar-refractivity contribution in [3.05, 3.63) is 47.5 Å². The molecule has 2 aromatic rings. The highest BCUT2D eigenvalue weighted by Crippen LogP contribution is 2.40. The third-order valence-corrected chi connectivity index (χ3v) is 5.12. The molecule has 218 valence electrons.